The molecule has 1 aromatic heterocycles. The van der Waals surface area contributed by atoms with Crippen LogP contribution in [-0.4, -0.2) is 14.7 Å². The van der Waals surface area contributed by atoms with Crippen LogP contribution >= 0.6 is 12.2 Å². The van der Waals surface area contributed by atoms with E-state index in [4.69, 9.17) is 12.2 Å². The van der Waals surface area contributed by atoms with Crippen LogP contribution in [0.2, 0.25) is 0 Å². The number of aromatic hydroxyl groups is 1. The predicted octanol–water partition coefficient (Wildman–Crippen LogP) is 3.62. The molecule has 96 valence electrons. The average molecular weight is 262 g/mol. The zero-order valence-corrected chi connectivity index (χ0v) is 11.5. The molecule has 0 radical (unpaired) electrons. The highest BCUT2D eigenvalue weighted by atomic mass is 32.1. The summed E-state index contributed by atoms with van der Waals surface area (Å²) in [6, 6.07) is 8.68. The molecule has 0 saturated heterocycles. The first kappa shape index (κ1) is 12.9. The number of imidazole rings is 1. The molecule has 0 spiro atoms. The Morgan fingerprint density at radius 1 is 1.33 bits per heavy atom. The van der Waals surface area contributed by atoms with Crippen LogP contribution < -0.4 is 0 Å². The number of aromatic nitrogens is 2. The van der Waals surface area contributed by atoms with E-state index in [1.54, 1.807) is 6.20 Å². The molecule has 0 aliphatic rings. The molecule has 18 heavy (non-hydrogen) atoms. The number of hydrogen-bond donors (Lipinski definition) is 2. The molecule has 2 N–H and O–H groups in total. The number of hydrogen-bond acceptors (Lipinski definition) is 2. The summed E-state index contributed by atoms with van der Waals surface area (Å²) in [6.07, 6.45) is 3.60. The van der Waals surface area contributed by atoms with Crippen LogP contribution in [0.3, 0.4) is 0 Å². The molecule has 0 bridgehead atoms. The van der Waals surface area contributed by atoms with Crippen LogP contribution in [0.15, 0.2) is 30.5 Å². The molecule has 2 aromatic rings. The van der Waals surface area contributed by atoms with Gasteiger partial charge in [-0.3, -0.25) is 0 Å². The van der Waals surface area contributed by atoms with Gasteiger partial charge >= 0.3 is 0 Å². The van der Waals surface area contributed by atoms with E-state index >= 15 is 0 Å². The van der Waals surface area contributed by atoms with Crippen molar-refractivity contribution in [2.45, 2.75) is 32.7 Å². The molecule has 2 rings (SSSR count). The van der Waals surface area contributed by atoms with E-state index in [9.17, 15) is 5.11 Å². The quantitative estimate of drug-likeness (QED) is 0.826. The van der Waals surface area contributed by atoms with Crippen molar-refractivity contribution in [2.75, 3.05) is 0 Å². The Morgan fingerprint density at radius 3 is 2.56 bits per heavy atom. The monoisotopic (exact) mass is 262 g/mol. The fourth-order valence-electron chi connectivity index (χ4n) is 2.24. The first-order chi connectivity index (χ1) is 8.61. The molecule has 1 atom stereocenters. The van der Waals surface area contributed by atoms with Gasteiger partial charge in [-0.05, 0) is 43.1 Å². The van der Waals surface area contributed by atoms with Crippen LogP contribution in [0, 0.1) is 4.77 Å². The molecule has 0 aliphatic heterocycles. The van der Waals surface area contributed by atoms with Crippen molar-refractivity contribution < 1.29 is 5.11 Å². The molecule has 3 nitrogen and oxygen atoms in total. The van der Waals surface area contributed by atoms with Crippen molar-refractivity contribution in [3.63, 3.8) is 0 Å². The first-order valence-corrected chi connectivity index (χ1v) is 6.59. The number of aromatic amines is 1. The molecule has 1 unspecified atom stereocenters. The lowest BCUT2D eigenvalue weighted by atomic mass is 9.99. The van der Waals surface area contributed by atoms with Gasteiger partial charge in [0.25, 0.3) is 0 Å². The molecule has 4 heteroatoms. The molecule has 0 amide bonds. The van der Waals surface area contributed by atoms with Gasteiger partial charge in [0.05, 0.1) is 6.20 Å². The van der Waals surface area contributed by atoms with Gasteiger partial charge < -0.3 is 14.7 Å². The number of nitrogens with one attached hydrogen (secondary N) is 1. The smallest absolute Gasteiger partial charge is 0.207 e. The van der Waals surface area contributed by atoms with E-state index in [-0.39, 0.29) is 11.9 Å². The van der Waals surface area contributed by atoms with Gasteiger partial charge in [0.2, 0.25) is 5.88 Å². The lowest BCUT2D eigenvalue weighted by Gasteiger charge is -2.15. The maximum absolute atomic E-state index is 9.41. The fraction of sp³-hybridized carbons (Fsp3) is 0.357. The zero-order chi connectivity index (χ0) is 13.1. The summed E-state index contributed by atoms with van der Waals surface area (Å²) in [7, 11) is 0. The third kappa shape index (κ3) is 2.64. The Balaban J connectivity index is 2.24. The molecule has 1 aromatic carbocycles. The minimum Gasteiger partial charge on any atom is -0.493 e. The summed E-state index contributed by atoms with van der Waals surface area (Å²) in [4.78, 5) is 2.74. The fourth-order valence-corrected chi connectivity index (χ4v) is 2.58. The van der Waals surface area contributed by atoms with Gasteiger partial charge in [-0.2, -0.15) is 0 Å². The highest BCUT2D eigenvalue weighted by molar-refractivity contribution is 7.71. The molecular formula is C14H18N2OS. The molecule has 0 saturated carbocycles. The highest BCUT2D eigenvalue weighted by Crippen LogP contribution is 2.20. The summed E-state index contributed by atoms with van der Waals surface area (Å²) >= 11 is 5.17. The summed E-state index contributed by atoms with van der Waals surface area (Å²) in [5.74, 6) is 0.121. The van der Waals surface area contributed by atoms with Gasteiger partial charge in [-0.1, -0.05) is 31.2 Å². The van der Waals surface area contributed by atoms with Crippen LogP contribution in [0.25, 0.3) is 0 Å². The average Bonchev–Trinajstić information content (AvgIpc) is 2.69. The third-order valence-electron chi connectivity index (χ3n) is 3.22. The van der Waals surface area contributed by atoms with Crippen molar-refractivity contribution in [1.82, 2.24) is 9.55 Å². The SMILES string of the molecule is CCc1ccccc1CC(C)n1cc(O)[nH]c1=S. The third-order valence-corrected chi connectivity index (χ3v) is 3.53. The molecule has 0 aliphatic carbocycles. The zero-order valence-electron chi connectivity index (χ0n) is 10.7. The summed E-state index contributed by atoms with van der Waals surface area (Å²) in [5, 5.41) is 9.41. The number of nitrogens with zero attached hydrogens (tertiary/aromatic N) is 1. The Morgan fingerprint density at radius 2 is 2.00 bits per heavy atom. The van der Waals surface area contributed by atoms with E-state index in [1.165, 1.54) is 11.1 Å². The summed E-state index contributed by atoms with van der Waals surface area (Å²) in [5.41, 5.74) is 2.71. The van der Waals surface area contributed by atoms with Crippen molar-refractivity contribution in [1.29, 1.82) is 0 Å². The molecular weight excluding hydrogens is 244 g/mol. The number of benzene rings is 1. The second-order valence-electron chi connectivity index (χ2n) is 4.53. The summed E-state index contributed by atoms with van der Waals surface area (Å²) in [6.45, 7) is 4.27. The Bertz CT molecular complexity index is 585. The van der Waals surface area contributed by atoms with Crippen molar-refractivity contribution in [2.24, 2.45) is 0 Å². The van der Waals surface area contributed by atoms with Crippen molar-refractivity contribution in [3.05, 3.63) is 46.4 Å². The van der Waals surface area contributed by atoms with Crippen LogP contribution in [0.1, 0.15) is 31.0 Å². The van der Waals surface area contributed by atoms with Crippen molar-refractivity contribution in [3.8, 4) is 5.88 Å². The van der Waals surface area contributed by atoms with Crippen LogP contribution in [-0.2, 0) is 12.8 Å². The Labute approximate surface area is 112 Å². The van der Waals surface area contributed by atoms with E-state index in [2.05, 4.69) is 43.1 Å². The van der Waals surface area contributed by atoms with E-state index in [0.717, 1.165) is 12.8 Å². The predicted molar refractivity (Wildman–Crippen MR) is 75.5 cm³/mol. The highest BCUT2D eigenvalue weighted by Gasteiger charge is 2.10. The van der Waals surface area contributed by atoms with Gasteiger partial charge in [-0.15, -0.1) is 0 Å². The van der Waals surface area contributed by atoms with E-state index in [0.29, 0.717) is 4.77 Å². The van der Waals surface area contributed by atoms with Crippen LogP contribution in [0.4, 0.5) is 0 Å². The minimum absolute atomic E-state index is 0.121. The van der Waals surface area contributed by atoms with Gasteiger partial charge in [0.1, 0.15) is 0 Å². The number of aryl methyl sites for hydroxylation is 1. The lowest BCUT2D eigenvalue weighted by Crippen LogP contribution is -2.08. The van der Waals surface area contributed by atoms with Gasteiger partial charge in [0, 0.05) is 6.04 Å². The lowest BCUT2D eigenvalue weighted by molar-refractivity contribution is 0.453. The summed E-state index contributed by atoms with van der Waals surface area (Å²) < 4.78 is 2.46. The normalized spacial score (nSPS) is 12.6. The standard InChI is InChI=1S/C14H18N2OS/c1-3-11-6-4-5-7-12(11)8-10(2)16-9-13(17)15-14(16)18/h4-7,9-10,17H,3,8H2,1-2H3,(H,15,18). The van der Waals surface area contributed by atoms with E-state index < -0.39 is 0 Å². The second kappa shape index (κ2) is 5.40. The van der Waals surface area contributed by atoms with Gasteiger partial charge in [-0.25, -0.2) is 0 Å². The van der Waals surface area contributed by atoms with Crippen LogP contribution in [0.5, 0.6) is 5.88 Å². The minimum atomic E-state index is 0.121. The number of H-pyrrole nitrogens is 1. The molecule has 1 heterocycles. The molecule has 0 fully saturated rings. The van der Waals surface area contributed by atoms with Gasteiger partial charge in [0.15, 0.2) is 4.77 Å². The topological polar surface area (TPSA) is 41.0 Å². The first-order valence-electron chi connectivity index (χ1n) is 6.18. The maximum Gasteiger partial charge on any atom is 0.207 e. The maximum atomic E-state index is 9.41. The largest absolute Gasteiger partial charge is 0.493 e. The van der Waals surface area contributed by atoms with Crippen molar-refractivity contribution >= 4 is 12.2 Å². The van der Waals surface area contributed by atoms with E-state index in [1.807, 2.05) is 4.57 Å². The number of rotatable bonds is 4. The Hall–Kier alpha value is -1.55. The Kier molecular flexibility index (Phi) is 3.87. The second-order valence-corrected chi connectivity index (χ2v) is 4.91.